The van der Waals surface area contributed by atoms with Crippen molar-refractivity contribution in [3.63, 3.8) is 0 Å². The van der Waals surface area contributed by atoms with Crippen molar-refractivity contribution in [2.75, 3.05) is 6.61 Å². The second kappa shape index (κ2) is 4.62. The van der Waals surface area contributed by atoms with Gasteiger partial charge in [0, 0.05) is 5.56 Å². The number of hydrogen-bond acceptors (Lipinski definition) is 6. The van der Waals surface area contributed by atoms with Crippen LogP contribution in [0.2, 0.25) is 0 Å². The van der Waals surface area contributed by atoms with Crippen LogP contribution in [0.3, 0.4) is 0 Å². The summed E-state index contributed by atoms with van der Waals surface area (Å²) >= 11 is 0. The van der Waals surface area contributed by atoms with E-state index in [1.807, 2.05) is 0 Å². The number of nitrogens with zero attached hydrogens (tertiary/aromatic N) is 1. The molecule has 0 bridgehead atoms. The van der Waals surface area contributed by atoms with Gasteiger partial charge in [0.05, 0.1) is 12.3 Å². The molecule has 1 aliphatic heterocycles. The lowest BCUT2D eigenvalue weighted by molar-refractivity contribution is -0.160. The summed E-state index contributed by atoms with van der Waals surface area (Å²) in [7, 11) is 0. The zero-order chi connectivity index (χ0) is 13.5. The van der Waals surface area contributed by atoms with Gasteiger partial charge in [0.15, 0.2) is 5.79 Å². The maximum atomic E-state index is 10.2. The first-order chi connectivity index (χ1) is 8.32. The fraction of sp³-hybridized carbons (Fsp3) is 0.750. The van der Waals surface area contributed by atoms with Gasteiger partial charge >= 0.3 is 0 Å². The Hall–Kier alpha value is -0.950. The van der Waals surface area contributed by atoms with Crippen molar-refractivity contribution in [3.05, 3.63) is 17.0 Å². The maximum absolute atomic E-state index is 10.2. The molecule has 1 aromatic rings. The van der Waals surface area contributed by atoms with Gasteiger partial charge in [-0.05, 0) is 27.7 Å². The average Bonchev–Trinajstić information content (AvgIpc) is 2.80. The second-order valence-electron chi connectivity index (χ2n) is 5.04. The predicted octanol–water partition coefficient (Wildman–Crippen LogP) is 0.837. The standard InChI is InChI=1S/C12H19NO5/c1-6-9(7(2)18-13-6)11(15)10(14)8-5-16-12(3,4)17-8/h8,10-11,14-15H,5H2,1-4H3/t8-,10+,11-/m1/s1. The molecule has 1 fully saturated rings. The molecular weight excluding hydrogens is 238 g/mol. The van der Waals surface area contributed by atoms with Crippen molar-refractivity contribution in [1.29, 1.82) is 0 Å². The molecule has 0 unspecified atom stereocenters. The molecule has 6 heteroatoms. The number of aliphatic hydroxyl groups excluding tert-OH is 2. The zero-order valence-corrected chi connectivity index (χ0v) is 11.0. The van der Waals surface area contributed by atoms with E-state index in [2.05, 4.69) is 5.16 Å². The number of ether oxygens (including phenoxy) is 2. The predicted molar refractivity (Wildman–Crippen MR) is 61.8 cm³/mol. The summed E-state index contributed by atoms with van der Waals surface area (Å²) in [6, 6.07) is 0. The van der Waals surface area contributed by atoms with Gasteiger partial charge in [0.2, 0.25) is 0 Å². The topological polar surface area (TPSA) is 85.0 Å². The summed E-state index contributed by atoms with van der Waals surface area (Å²) in [5.74, 6) is -0.235. The first-order valence-corrected chi connectivity index (χ1v) is 5.92. The van der Waals surface area contributed by atoms with E-state index >= 15 is 0 Å². The molecule has 2 rings (SSSR count). The van der Waals surface area contributed by atoms with Crippen LogP contribution in [0.15, 0.2) is 4.52 Å². The van der Waals surface area contributed by atoms with Crippen LogP contribution in [0.4, 0.5) is 0 Å². The number of hydrogen-bond donors (Lipinski definition) is 2. The van der Waals surface area contributed by atoms with E-state index < -0.39 is 24.1 Å². The summed E-state index contributed by atoms with van der Waals surface area (Å²) in [5, 5.41) is 24.1. The van der Waals surface area contributed by atoms with Crippen molar-refractivity contribution in [2.45, 2.75) is 51.8 Å². The van der Waals surface area contributed by atoms with Crippen LogP contribution in [-0.2, 0) is 9.47 Å². The van der Waals surface area contributed by atoms with Crippen molar-refractivity contribution in [1.82, 2.24) is 5.16 Å². The van der Waals surface area contributed by atoms with Crippen LogP contribution < -0.4 is 0 Å². The van der Waals surface area contributed by atoms with Gasteiger partial charge in [-0.25, -0.2) is 0 Å². The number of aliphatic hydroxyl groups is 2. The molecular formula is C12H19NO5. The molecule has 0 amide bonds. The van der Waals surface area contributed by atoms with Gasteiger partial charge in [-0.1, -0.05) is 5.16 Å². The Labute approximate surface area is 105 Å². The molecule has 0 saturated carbocycles. The zero-order valence-electron chi connectivity index (χ0n) is 11.0. The van der Waals surface area contributed by atoms with E-state index in [0.29, 0.717) is 17.0 Å². The Kier molecular flexibility index (Phi) is 3.46. The summed E-state index contributed by atoms with van der Waals surface area (Å²) < 4.78 is 15.9. The van der Waals surface area contributed by atoms with E-state index in [-0.39, 0.29) is 6.61 Å². The van der Waals surface area contributed by atoms with Crippen LogP contribution in [0.25, 0.3) is 0 Å². The fourth-order valence-corrected chi connectivity index (χ4v) is 2.17. The monoisotopic (exact) mass is 257 g/mol. The normalized spacial score (nSPS) is 26.2. The quantitative estimate of drug-likeness (QED) is 0.834. The van der Waals surface area contributed by atoms with E-state index in [0.717, 1.165) is 0 Å². The van der Waals surface area contributed by atoms with Gasteiger partial charge in [0.1, 0.15) is 24.1 Å². The molecule has 1 saturated heterocycles. The van der Waals surface area contributed by atoms with E-state index in [1.54, 1.807) is 27.7 Å². The van der Waals surface area contributed by atoms with Crippen molar-refractivity contribution >= 4 is 0 Å². The third kappa shape index (κ3) is 2.42. The fourth-order valence-electron chi connectivity index (χ4n) is 2.17. The van der Waals surface area contributed by atoms with Crippen LogP contribution in [-0.4, -0.2) is 40.0 Å². The Morgan fingerprint density at radius 3 is 2.44 bits per heavy atom. The molecule has 3 atom stereocenters. The molecule has 0 aromatic carbocycles. The summed E-state index contributed by atoms with van der Waals surface area (Å²) in [5.41, 5.74) is 1.08. The van der Waals surface area contributed by atoms with Gasteiger partial charge in [-0.3, -0.25) is 0 Å². The van der Waals surface area contributed by atoms with Crippen LogP contribution >= 0.6 is 0 Å². The van der Waals surface area contributed by atoms with E-state index in [9.17, 15) is 10.2 Å². The van der Waals surface area contributed by atoms with Gasteiger partial charge in [-0.15, -0.1) is 0 Å². The largest absolute Gasteiger partial charge is 0.387 e. The molecule has 18 heavy (non-hydrogen) atoms. The molecule has 0 radical (unpaired) electrons. The Morgan fingerprint density at radius 2 is 2.00 bits per heavy atom. The van der Waals surface area contributed by atoms with Gasteiger partial charge in [-0.2, -0.15) is 0 Å². The van der Waals surface area contributed by atoms with E-state index in [4.69, 9.17) is 14.0 Å². The third-order valence-electron chi connectivity index (χ3n) is 3.12. The van der Waals surface area contributed by atoms with Gasteiger partial charge < -0.3 is 24.2 Å². The van der Waals surface area contributed by atoms with Crippen molar-refractivity contribution in [3.8, 4) is 0 Å². The van der Waals surface area contributed by atoms with Crippen molar-refractivity contribution in [2.24, 2.45) is 0 Å². The third-order valence-corrected chi connectivity index (χ3v) is 3.12. The highest BCUT2D eigenvalue weighted by molar-refractivity contribution is 5.24. The molecule has 1 aliphatic rings. The summed E-state index contributed by atoms with van der Waals surface area (Å²) in [4.78, 5) is 0. The number of aryl methyl sites for hydroxylation is 2. The number of rotatable bonds is 3. The van der Waals surface area contributed by atoms with Crippen LogP contribution in [0, 0.1) is 13.8 Å². The minimum atomic E-state index is -1.10. The van der Waals surface area contributed by atoms with Crippen LogP contribution in [0.5, 0.6) is 0 Å². The molecule has 6 nitrogen and oxygen atoms in total. The highest BCUT2D eigenvalue weighted by Gasteiger charge is 2.40. The lowest BCUT2D eigenvalue weighted by Gasteiger charge is -2.24. The maximum Gasteiger partial charge on any atom is 0.163 e. The highest BCUT2D eigenvalue weighted by atomic mass is 16.7. The minimum Gasteiger partial charge on any atom is -0.387 e. The number of aromatic nitrogens is 1. The van der Waals surface area contributed by atoms with E-state index in [1.165, 1.54) is 0 Å². The Morgan fingerprint density at radius 1 is 1.33 bits per heavy atom. The lowest BCUT2D eigenvalue weighted by Crippen LogP contribution is -2.35. The molecule has 0 spiro atoms. The molecule has 102 valence electrons. The molecule has 2 N–H and O–H groups in total. The first-order valence-electron chi connectivity index (χ1n) is 5.92. The summed E-state index contributed by atoms with van der Waals surface area (Å²) in [6.07, 6.45) is -2.74. The molecule has 0 aliphatic carbocycles. The SMILES string of the molecule is Cc1noc(C)c1[C@@H](O)[C@@H](O)[C@H]1COC(C)(C)O1. The molecule has 1 aromatic heterocycles. The van der Waals surface area contributed by atoms with Gasteiger partial charge in [0.25, 0.3) is 0 Å². The summed E-state index contributed by atoms with van der Waals surface area (Å²) in [6.45, 7) is 7.19. The Balaban J connectivity index is 2.12. The Bertz CT molecular complexity index is 409. The average molecular weight is 257 g/mol. The smallest absolute Gasteiger partial charge is 0.163 e. The van der Waals surface area contributed by atoms with Crippen LogP contribution in [0.1, 0.15) is 37.0 Å². The molecule has 2 heterocycles. The highest BCUT2D eigenvalue weighted by Crippen LogP contribution is 2.31. The minimum absolute atomic E-state index is 0.245. The first kappa shape index (κ1) is 13.5. The lowest BCUT2D eigenvalue weighted by atomic mass is 9.99. The second-order valence-corrected chi connectivity index (χ2v) is 5.04. The van der Waals surface area contributed by atoms with Crippen molar-refractivity contribution < 1.29 is 24.2 Å².